The Kier molecular flexibility index (Phi) is 2.67. The quantitative estimate of drug-likeness (QED) is 0.831. The molecule has 2 aromatic rings. The fraction of sp³-hybridized carbons (Fsp3) is 0.273. The summed E-state index contributed by atoms with van der Waals surface area (Å²) in [4.78, 5) is 8.30. The summed E-state index contributed by atoms with van der Waals surface area (Å²) in [5.74, 6) is 0.845. The Morgan fingerprint density at radius 1 is 1.33 bits per heavy atom. The average Bonchev–Trinajstić information content (AvgIpc) is 2.67. The zero-order valence-corrected chi connectivity index (χ0v) is 8.88. The van der Waals surface area contributed by atoms with Gasteiger partial charge >= 0.3 is 0 Å². The average molecular weight is 202 g/mol. The Hall–Kier alpha value is -1.84. The minimum absolute atomic E-state index is 0.395. The predicted molar refractivity (Wildman–Crippen MR) is 60.1 cm³/mol. The molecule has 2 heterocycles. The first-order valence-electron chi connectivity index (χ1n) is 4.97. The summed E-state index contributed by atoms with van der Waals surface area (Å²) in [5.41, 5.74) is 0.950. The molecule has 0 amide bonds. The van der Waals surface area contributed by atoms with Crippen molar-refractivity contribution in [2.45, 2.75) is 19.9 Å². The van der Waals surface area contributed by atoms with Gasteiger partial charge in [0.25, 0.3) is 0 Å². The van der Waals surface area contributed by atoms with Crippen LogP contribution in [0.15, 0.2) is 36.9 Å². The highest BCUT2D eigenvalue weighted by Crippen LogP contribution is 2.16. The van der Waals surface area contributed by atoms with Gasteiger partial charge in [-0.05, 0) is 26.0 Å². The van der Waals surface area contributed by atoms with E-state index in [1.54, 1.807) is 18.6 Å². The molecule has 2 aromatic heterocycles. The normalized spacial score (nSPS) is 10.6. The lowest BCUT2D eigenvalue weighted by Gasteiger charge is -2.12. The number of nitrogens with one attached hydrogen (secondary N) is 1. The lowest BCUT2D eigenvalue weighted by atomic mass is 10.4. The first kappa shape index (κ1) is 9.71. The third-order valence-electron chi connectivity index (χ3n) is 2.14. The molecule has 78 valence electrons. The van der Waals surface area contributed by atoms with E-state index in [2.05, 4.69) is 33.7 Å². The van der Waals surface area contributed by atoms with Crippen LogP contribution in [0.25, 0.3) is 0 Å². The van der Waals surface area contributed by atoms with Gasteiger partial charge in [-0.2, -0.15) is 0 Å². The molecule has 2 rings (SSSR count). The van der Waals surface area contributed by atoms with Crippen molar-refractivity contribution in [1.29, 1.82) is 0 Å². The third kappa shape index (κ3) is 2.15. The Morgan fingerprint density at radius 2 is 2.20 bits per heavy atom. The second-order valence-electron chi connectivity index (χ2n) is 3.62. The first-order chi connectivity index (χ1) is 7.27. The summed E-state index contributed by atoms with van der Waals surface area (Å²) in [7, 11) is 0. The largest absolute Gasteiger partial charge is 0.324 e. The van der Waals surface area contributed by atoms with Crippen molar-refractivity contribution >= 4 is 11.6 Å². The fourth-order valence-corrected chi connectivity index (χ4v) is 1.39. The zero-order chi connectivity index (χ0) is 10.7. The van der Waals surface area contributed by atoms with Gasteiger partial charge in [-0.1, -0.05) is 0 Å². The van der Waals surface area contributed by atoms with Gasteiger partial charge in [0.2, 0.25) is 5.95 Å². The van der Waals surface area contributed by atoms with Gasteiger partial charge in [-0.3, -0.25) is 4.98 Å². The van der Waals surface area contributed by atoms with E-state index in [-0.39, 0.29) is 0 Å². The molecule has 0 radical (unpaired) electrons. The van der Waals surface area contributed by atoms with Crippen molar-refractivity contribution < 1.29 is 0 Å². The van der Waals surface area contributed by atoms with Gasteiger partial charge in [-0.25, -0.2) is 4.98 Å². The maximum Gasteiger partial charge on any atom is 0.207 e. The van der Waals surface area contributed by atoms with E-state index < -0.39 is 0 Å². The predicted octanol–water partition coefficient (Wildman–Crippen LogP) is 2.60. The van der Waals surface area contributed by atoms with E-state index in [4.69, 9.17) is 0 Å². The second-order valence-corrected chi connectivity index (χ2v) is 3.62. The van der Waals surface area contributed by atoms with Crippen molar-refractivity contribution in [3.05, 3.63) is 36.9 Å². The third-order valence-corrected chi connectivity index (χ3v) is 2.14. The number of hydrogen-bond donors (Lipinski definition) is 1. The number of rotatable bonds is 3. The van der Waals surface area contributed by atoms with E-state index in [0.29, 0.717) is 6.04 Å². The molecular formula is C11H14N4. The molecule has 0 aliphatic rings. The molecule has 0 aliphatic carbocycles. The minimum atomic E-state index is 0.395. The van der Waals surface area contributed by atoms with Crippen LogP contribution in [0.5, 0.6) is 0 Å². The lowest BCUT2D eigenvalue weighted by molar-refractivity contribution is 0.608. The molecule has 0 saturated carbocycles. The highest BCUT2D eigenvalue weighted by molar-refractivity contribution is 5.51. The van der Waals surface area contributed by atoms with Crippen molar-refractivity contribution in [3.8, 4) is 0 Å². The van der Waals surface area contributed by atoms with Crippen LogP contribution in [0.2, 0.25) is 0 Å². The molecule has 4 heteroatoms. The molecule has 0 aromatic carbocycles. The van der Waals surface area contributed by atoms with E-state index >= 15 is 0 Å². The number of imidazole rings is 1. The Balaban J connectivity index is 2.21. The number of pyridine rings is 1. The summed E-state index contributed by atoms with van der Waals surface area (Å²) >= 11 is 0. The molecule has 1 N–H and O–H groups in total. The number of hydrogen-bond acceptors (Lipinski definition) is 3. The van der Waals surface area contributed by atoms with Gasteiger partial charge in [0, 0.05) is 24.6 Å². The van der Waals surface area contributed by atoms with Crippen LogP contribution in [0.4, 0.5) is 11.6 Å². The maximum absolute atomic E-state index is 4.26. The van der Waals surface area contributed by atoms with Crippen LogP contribution in [0.3, 0.4) is 0 Å². The van der Waals surface area contributed by atoms with Gasteiger partial charge in [0.1, 0.15) is 0 Å². The number of nitrogens with zero attached hydrogens (tertiary/aromatic N) is 3. The molecule has 0 unspecified atom stereocenters. The molecule has 0 bridgehead atoms. The Labute approximate surface area is 89.0 Å². The SMILES string of the molecule is CC(C)n1ccnc1Nc1cccnc1. The monoisotopic (exact) mass is 202 g/mol. The van der Waals surface area contributed by atoms with Gasteiger partial charge in [0.15, 0.2) is 0 Å². The minimum Gasteiger partial charge on any atom is -0.324 e. The summed E-state index contributed by atoms with van der Waals surface area (Å²) < 4.78 is 2.08. The molecule has 0 atom stereocenters. The molecule has 15 heavy (non-hydrogen) atoms. The summed E-state index contributed by atoms with van der Waals surface area (Å²) in [6, 6.07) is 4.25. The number of anilines is 2. The molecule has 0 fully saturated rings. The van der Waals surface area contributed by atoms with E-state index in [0.717, 1.165) is 11.6 Å². The van der Waals surface area contributed by atoms with E-state index in [9.17, 15) is 0 Å². The summed E-state index contributed by atoms with van der Waals surface area (Å²) in [6.45, 7) is 4.24. The first-order valence-corrected chi connectivity index (χ1v) is 4.97. The Bertz CT molecular complexity index is 419. The smallest absolute Gasteiger partial charge is 0.207 e. The highest BCUT2D eigenvalue weighted by Gasteiger charge is 2.05. The standard InChI is InChI=1S/C11H14N4/c1-9(2)15-7-6-13-11(15)14-10-4-3-5-12-8-10/h3-9H,1-2H3,(H,13,14). The van der Waals surface area contributed by atoms with Crippen LogP contribution >= 0.6 is 0 Å². The van der Waals surface area contributed by atoms with Gasteiger partial charge < -0.3 is 9.88 Å². The lowest BCUT2D eigenvalue weighted by Crippen LogP contribution is -2.05. The molecule has 0 spiro atoms. The van der Waals surface area contributed by atoms with Crippen LogP contribution in [-0.4, -0.2) is 14.5 Å². The number of aromatic nitrogens is 3. The Morgan fingerprint density at radius 3 is 2.87 bits per heavy atom. The molecule has 0 saturated heterocycles. The molecule has 0 aliphatic heterocycles. The van der Waals surface area contributed by atoms with Crippen molar-refractivity contribution in [2.24, 2.45) is 0 Å². The second kappa shape index (κ2) is 4.13. The van der Waals surface area contributed by atoms with Crippen LogP contribution in [-0.2, 0) is 0 Å². The van der Waals surface area contributed by atoms with Crippen LogP contribution < -0.4 is 5.32 Å². The molecular weight excluding hydrogens is 188 g/mol. The van der Waals surface area contributed by atoms with Crippen LogP contribution in [0, 0.1) is 0 Å². The van der Waals surface area contributed by atoms with Crippen molar-refractivity contribution in [1.82, 2.24) is 14.5 Å². The van der Waals surface area contributed by atoms with Gasteiger partial charge in [-0.15, -0.1) is 0 Å². The van der Waals surface area contributed by atoms with E-state index in [1.165, 1.54) is 0 Å². The maximum atomic E-state index is 4.26. The summed E-state index contributed by atoms with van der Waals surface area (Å²) in [6.07, 6.45) is 7.28. The van der Waals surface area contributed by atoms with Gasteiger partial charge in [0.05, 0.1) is 11.9 Å². The van der Waals surface area contributed by atoms with E-state index in [1.807, 2.05) is 18.3 Å². The van der Waals surface area contributed by atoms with Crippen LogP contribution in [0.1, 0.15) is 19.9 Å². The molecule has 4 nitrogen and oxygen atoms in total. The summed E-state index contributed by atoms with van der Waals surface area (Å²) in [5, 5.41) is 3.22. The fourth-order valence-electron chi connectivity index (χ4n) is 1.39. The highest BCUT2D eigenvalue weighted by atomic mass is 15.2. The topological polar surface area (TPSA) is 42.7 Å². The zero-order valence-electron chi connectivity index (χ0n) is 8.88. The van der Waals surface area contributed by atoms with Crippen molar-refractivity contribution in [2.75, 3.05) is 5.32 Å². The van der Waals surface area contributed by atoms with Crippen molar-refractivity contribution in [3.63, 3.8) is 0 Å².